The lowest BCUT2D eigenvalue weighted by molar-refractivity contribution is -0.161. The van der Waals surface area contributed by atoms with E-state index in [9.17, 15) is 28.8 Å². The molecule has 0 aliphatic carbocycles. The second-order valence-electron chi connectivity index (χ2n) is 10.3. The molecule has 0 bridgehead atoms. The van der Waals surface area contributed by atoms with Gasteiger partial charge in [-0.1, -0.05) is 77.0 Å². The van der Waals surface area contributed by atoms with Gasteiger partial charge in [0.2, 0.25) is 0 Å². The maximum atomic E-state index is 11.8. The summed E-state index contributed by atoms with van der Waals surface area (Å²) < 4.78 is 9.69. The highest BCUT2D eigenvalue weighted by molar-refractivity contribution is 5.85. The Hall–Kier alpha value is -2.78. The fourth-order valence-electron chi connectivity index (χ4n) is 4.21. The van der Waals surface area contributed by atoms with E-state index in [0.717, 1.165) is 77.0 Å². The summed E-state index contributed by atoms with van der Waals surface area (Å²) in [5.41, 5.74) is 0. The minimum absolute atomic E-state index is 0.192. The van der Waals surface area contributed by atoms with Gasteiger partial charge in [0.05, 0.1) is 0 Å². The Morgan fingerprint density at radius 3 is 0.675 bits per heavy atom. The summed E-state index contributed by atoms with van der Waals surface area (Å²) in [5, 5.41) is 17.2. The molecule has 0 amide bonds. The minimum Gasteiger partial charge on any atom is -0.481 e. The van der Waals surface area contributed by atoms with Crippen molar-refractivity contribution < 1.29 is 48.5 Å². The number of carbonyl (C=O) groups excluding carboxylic acids is 4. The van der Waals surface area contributed by atoms with E-state index in [2.05, 4.69) is 0 Å². The fraction of sp³-hybridized carbons (Fsp3) is 0.800. The van der Waals surface area contributed by atoms with E-state index in [-0.39, 0.29) is 38.5 Å². The Kier molecular flexibility index (Phi) is 24.6. The highest BCUT2D eigenvalue weighted by atomic mass is 16.6. The van der Waals surface area contributed by atoms with Crippen LogP contribution in [0.15, 0.2) is 0 Å². The summed E-state index contributed by atoms with van der Waals surface area (Å²) in [6.45, 7) is 0. The van der Waals surface area contributed by atoms with E-state index in [1.807, 2.05) is 0 Å². The third-order valence-corrected chi connectivity index (χ3v) is 6.51. The van der Waals surface area contributed by atoms with E-state index in [4.69, 9.17) is 19.7 Å². The van der Waals surface area contributed by atoms with Crippen LogP contribution in [0.25, 0.3) is 0 Å². The average Bonchev–Trinajstić information content (AvgIpc) is 2.88. The second-order valence-corrected chi connectivity index (χ2v) is 10.3. The van der Waals surface area contributed by atoms with E-state index in [0.29, 0.717) is 38.5 Å². The molecular weight excluding hydrogens is 520 g/mol. The number of carbonyl (C=O) groups is 6. The van der Waals surface area contributed by atoms with Crippen molar-refractivity contribution in [3.05, 3.63) is 0 Å². The van der Waals surface area contributed by atoms with Crippen LogP contribution >= 0.6 is 0 Å². The molecule has 0 spiro atoms. The first-order valence-electron chi connectivity index (χ1n) is 15.1. The molecule has 0 radical (unpaired) electrons. The van der Waals surface area contributed by atoms with Crippen LogP contribution in [0, 0.1) is 0 Å². The van der Waals surface area contributed by atoms with Crippen molar-refractivity contribution in [3.63, 3.8) is 0 Å². The Labute approximate surface area is 238 Å². The van der Waals surface area contributed by atoms with Crippen LogP contribution in [-0.4, -0.2) is 46.0 Å². The van der Waals surface area contributed by atoms with Crippen molar-refractivity contribution in [2.24, 2.45) is 0 Å². The maximum Gasteiger partial charge on any atom is 0.313 e. The van der Waals surface area contributed by atoms with Crippen LogP contribution in [0.5, 0.6) is 0 Å². The maximum absolute atomic E-state index is 11.8. The number of unbranched alkanes of at least 4 members (excludes halogenated alkanes) is 15. The first-order chi connectivity index (χ1) is 19.2. The first-order valence-corrected chi connectivity index (χ1v) is 15.1. The van der Waals surface area contributed by atoms with Crippen LogP contribution in [0.3, 0.4) is 0 Å². The van der Waals surface area contributed by atoms with E-state index < -0.39 is 35.8 Å². The number of aliphatic carboxylic acids is 2. The van der Waals surface area contributed by atoms with Crippen molar-refractivity contribution >= 4 is 35.8 Å². The molecule has 0 fully saturated rings. The van der Waals surface area contributed by atoms with Crippen LogP contribution < -0.4 is 0 Å². The van der Waals surface area contributed by atoms with Gasteiger partial charge in [-0.15, -0.1) is 0 Å². The van der Waals surface area contributed by atoms with Gasteiger partial charge in [0.15, 0.2) is 0 Å². The van der Waals surface area contributed by atoms with Crippen LogP contribution in [0.1, 0.15) is 154 Å². The quantitative estimate of drug-likeness (QED) is 0.0620. The average molecular weight is 571 g/mol. The Morgan fingerprint density at radius 2 is 0.475 bits per heavy atom. The van der Waals surface area contributed by atoms with Gasteiger partial charge >= 0.3 is 35.8 Å². The molecule has 0 heterocycles. The number of carboxylic acid groups (broad SMARTS) is 2. The molecule has 0 saturated carbocycles. The topological polar surface area (TPSA) is 161 Å². The first kappa shape index (κ1) is 37.2. The number of hydrogen-bond acceptors (Lipinski definition) is 8. The van der Waals surface area contributed by atoms with Crippen molar-refractivity contribution in [1.82, 2.24) is 0 Å². The summed E-state index contributed by atoms with van der Waals surface area (Å²) in [6, 6.07) is 0. The van der Waals surface area contributed by atoms with Gasteiger partial charge in [0, 0.05) is 38.5 Å². The van der Waals surface area contributed by atoms with Gasteiger partial charge in [-0.3, -0.25) is 28.8 Å². The Balaban J connectivity index is 3.51. The third kappa shape index (κ3) is 28.2. The van der Waals surface area contributed by atoms with Crippen LogP contribution in [0.4, 0.5) is 0 Å². The van der Waals surface area contributed by atoms with E-state index >= 15 is 0 Å². The van der Waals surface area contributed by atoms with E-state index in [1.165, 1.54) is 0 Å². The largest absolute Gasteiger partial charge is 0.481 e. The molecule has 0 aromatic rings. The van der Waals surface area contributed by atoms with Crippen molar-refractivity contribution in [2.75, 3.05) is 0 Å². The monoisotopic (exact) mass is 570 g/mol. The van der Waals surface area contributed by atoms with Gasteiger partial charge in [0.25, 0.3) is 0 Å². The molecule has 0 atom stereocenters. The van der Waals surface area contributed by atoms with Gasteiger partial charge in [0.1, 0.15) is 0 Å². The van der Waals surface area contributed by atoms with Crippen molar-refractivity contribution in [2.45, 2.75) is 154 Å². The molecule has 0 aliphatic heterocycles. The molecule has 0 aliphatic rings. The number of carboxylic acids is 2. The molecule has 0 unspecified atom stereocenters. The van der Waals surface area contributed by atoms with Crippen molar-refractivity contribution in [1.29, 1.82) is 0 Å². The Morgan fingerprint density at radius 1 is 0.300 bits per heavy atom. The molecule has 0 rings (SSSR count). The summed E-state index contributed by atoms with van der Waals surface area (Å²) >= 11 is 0. The van der Waals surface area contributed by atoms with Gasteiger partial charge in [-0.25, -0.2) is 0 Å². The lowest BCUT2D eigenvalue weighted by Gasteiger charge is -2.05. The molecule has 0 aromatic carbocycles. The number of rotatable bonds is 27. The summed E-state index contributed by atoms with van der Waals surface area (Å²) in [4.78, 5) is 67.9. The summed E-state index contributed by atoms with van der Waals surface area (Å²) in [7, 11) is 0. The molecular formula is C30H50O10. The molecule has 0 aromatic heterocycles. The molecule has 40 heavy (non-hydrogen) atoms. The predicted octanol–water partition coefficient (Wildman–Crippen LogP) is 6.66. The zero-order valence-corrected chi connectivity index (χ0v) is 24.1. The Bertz CT molecular complexity index is 685. The summed E-state index contributed by atoms with van der Waals surface area (Å²) in [6.07, 6.45) is 15.8. The molecule has 2 N–H and O–H groups in total. The molecule has 10 nitrogen and oxygen atoms in total. The van der Waals surface area contributed by atoms with Gasteiger partial charge in [-0.05, 0) is 38.5 Å². The number of ether oxygens (including phenoxy) is 2. The number of esters is 4. The van der Waals surface area contributed by atoms with Gasteiger partial charge in [-0.2, -0.15) is 0 Å². The number of hydrogen-bond donors (Lipinski definition) is 2. The summed E-state index contributed by atoms with van der Waals surface area (Å²) in [5.74, 6) is -3.54. The van der Waals surface area contributed by atoms with Crippen LogP contribution in [0.2, 0.25) is 0 Å². The highest BCUT2D eigenvalue weighted by Crippen LogP contribution is 2.13. The highest BCUT2D eigenvalue weighted by Gasteiger charge is 2.11. The zero-order valence-electron chi connectivity index (χ0n) is 24.1. The fourth-order valence-corrected chi connectivity index (χ4v) is 4.21. The van der Waals surface area contributed by atoms with Gasteiger partial charge < -0.3 is 19.7 Å². The SMILES string of the molecule is O=C(O)CCCCCCCCC(=O)OC(=O)CCCCCCCCC(=O)OC(=O)CCCCCCCCC(=O)O. The van der Waals surface area contributed by atoms with E-state index in [1.54, 1.807) is 0 Å². The molecule has 0 saturated heterocycles. The minimum atomic E-state index is -0.777. The molecule has 230 valence electrons. The lowest BCUT2D eigenvalue weighted by Crippen LogP contribution is -2.12. The standard InChI is InChI=1S/C30H50O10/c31-25(32)19-13-7-1-3-9-15-21-27(35)39-29(37)23-17-11-5-6-12-18-24-30(38)40-28(36)22-16-10-4-2-8-14-20-26(33)34/h1-24H2,(H,31,32)(H,33,34). The third-order valence-electron chi connectivity index (χ3n) is 6.51. The second kappa shape index (κ2) is 26.4. The van der Waals surface area contributed by atoms with Crippen molar-refractivity contribution in [3.8, 4) is 0 Å². The normalized spacial score (nSPS) is 10.7. The predicted molar refractivity (Wildman–Crippen MR) is 148 cm³/mol. The zero-order chi connectivity index (χ0) is 29.8. The lowest BCUT2D eigenvalue weighted by atomic mass is 10.1. The van der Waals surface area contributed by atoms with Crippen LogP contribution in [-0.2, 0) is 38.2 Å². The molecule has 10 heteroatoms. The smallest absolute Gasteiger partial charge is 0.313 e.